The van der Waals surface area contributed by atoms with E-state index in [9.17, 15) is 0 Å². The number of para-hydroxylation sites is 1. The Morgan fingerprint density at radius 1 is 0.559 bits per heavy atom. The van der Waals surface area contributed by atoms with Crippen molar-refractivity contribution >= 4 is 59.8 Å². The Bertz CT molecular complexity index is 3370. The molecule has 0 spiro atoms. The molecule has 1 saturated carbocycles. The van der Waals surface area contributed by atoms with Gasteiger partial charge in [-0.05, 0) is 134 Å². The van der Waals surface area contributed by atoms with Gasteiger partial charge in [-0.25, -0.2) is 0 Å². The van der Waals surface area contributed by atoms with Crippen molar-refractivity contribution in [3.05, 3.63) is 216 Å². The SMILES string of the molecule is C1=C(c2ccc3ccccc3c2)[NH2+]C(c2ccc(-n3c4ccccc4c4c5c(c6ccccc6c43)CC3CC3c3ccccc3-5)cc2)NC1c1ccc2ccccc2c1. The highest BCUT2D eigenvalue weighted by atomic mass is 15.2. The molecule has 0 amide bonds. The van der Waals surface area contributed by atoms with E-state index in [-0.39, 0.29) is 12.2 Å². The van der Waals surface area contributed by atoms with Crippen molar-refractivity contribution in [1.82, 2.24) is 9.88 Å². The van der Waals surface area contributed by atoms with E-state index in [4.69, 9.17) is 0 Å². The van der Waals surface area contributed by atoms with Crippen molar-refractivity contribution < 1.29 is 5.32 Å². The van der Waals surface area contributed by atoms with Gasteiger partial charge in [0.05, 0.1) is 17.1 Å². The summed E-state index contributed by atoms with van der Waals surface area (Å²) in [6.45, 7) is 0. The summed E-state index contributed by atoms with van der Waals surface area (Å²) in [5.74, 6) is 1.39. The summed E-state index contributed by atoms with van der Waals surface area (Å²) in [5, 5.41) is 17.0. The first-order valence-corrected chi connectivity index (χ1v) is 21.2. The van der Waals surface area contributed by atoms with Gasteiger partial charge >= 0.3 is 0 Å². The van der Waals surface area contributed by atoms with E-state index < -0.39 is 0 Å². The molecule has 10 aromatic rings. The van der Waals surface area contributed by atoms with Crippen LogP contribution in [0.4, 0.5) is 0 Å². The van der Waals surface area contributed by atoms with Crippen LogP contribution in [0.2, 0.25) is 0 Å². The van der Waals surface area contributed by atoms with E-state index >= 15 is 0 Å². The van der Waals surface area contributed by atoms with Gasteiger partial charge in [-0.1, -0.05) is 133 Å². The predicted molar refractivity (Wildman–Crippen MR) is 245 cm³/mol. The van der Waals surface area contributed by atoms with E-state index in [1.807, 2.05) is 0 Å². The smallest absolute Gasteiger partial charge is 0.171 e. The van der Waals surface area contributed by atoms with E-state index in [1.165, 1.54) is 111 Å². The van der Waals surface area contributed by atoms with Crippen LogP contribution in [0.1, 0.15) is 52.4 Å². The number of fused-ring (bicyclic) bond motifs is 14. The highest BCUT2D eigenvalue weighted by Gasteiger charge is 2.43. The number of quaternary nitrogens is 1. The molecule has 280 valence electrons. The minimum absolute atomic E-state index is 0.0182. The average molecular weight is 757 g/mol. The lowest BCUT2D eigenvalue weighted by Crippen LogP contribution is -2.87. The Morgan fingerprint density at radius 2 is 1.22 bits per heavy atom. The summed E-state index contributed by atoms with van der Waals surface area (Å²) in [4.78, 5) is 0. The highest BCUT2D eigenvalue weighted by molar-refractivity contribution is 6.25. The first kappa shape index (κ1) is 33.2. The molecule has 59 heavy (non-hydrogen) atoms. The Morgan fingerprint density at radius 3 is 2.05 bits per heavy atom. The van der Waals surface area contributed by atoms with E-state index in [0.29, 0.717) is 5.92 Å². The fourth-order valence-electron chi connectivity index (χ4n) is 10.8. The Labute approximate surface area is 343 Å². The molecule has 3 nitrogen and oxygen atoms in total. The molecule has 4 unspecified atom stereocenters. The van der Waals surface area contributed by atoms with Crippen molar-refractivity contribution in [2.45, 2.75) is 31.0 Å². The van der Waals surface area contributed by atoms with Gasteiger partial charge in [0.1, 0.15) is 5.70 Å². The van der Waals surface area contributed by atoms with Crippen LogP contribution in [0.3, 0.4) is 0 Å². The third-order valence-corrected chi connectivity index (χ3v) is 13.7. The zero-order valence-corrected chi connectivity index (χ0v) is 32.6. The second kappa shape index (κ2) is 12.9. The maximum Gasteiger partial charge on any atom is 0.171 e. The molecule has 9 aromatic carbocycles. The fraction of sp³-hybridized carbons (Fsp3) is 0.107. The molecule has 13 rings (SSSR count). The number of rotatable bonds is 4. The number of nitrogens with one attached hydrogen (secondary N) is 1. The molecule has 0 bridgehead atoms. The quantitative estimate of drug-likeness (QED) is 0.184. The van der Waals surface area contributed by atoms with Gasteiger partial charge in [0.2, 0.25) is 0 Å². The molecule has 1 aliphatic heterocycles. The Hall–Kier alpha value is -6.78. The third-order valence-electron chi connectivity index (χ3n) is 13.7. The predicted octanol–water partition coefficient (Wildman–Crippen LogP) is 12.5. The van der Waals surface area contributed by atoms with Crippen LogP contribution < -0.4 is 10.6 Å². The number of aromatic nitrogens is 1. The summed E-state index contributed by atoms with van der Waals surface area (Å²) < 4.78 is 2.54. The first-order valence-electron chi connectivity index (χ1n) is 21.2. The fourth-order valence-corrected chi connectivity index (χ4v) is 10.8. The third kappa shape index (κ3) is 5.22. The average Bonchev–Trinajstić information content (AvgIpc) is 4.02. The summed E-state index contributed by atoms with van der Waals surface area (Å²) in [7, 11) is 0. The van der Waals surface area contributed by atoms with Crippen molar-refractivity contribution in [3.63, 3.8) is 0 Å². The minimum atomic E-state index is 0.0182. The second-order valence-corrected chi connectivity index (χ2v) is 17.0. The Balaban J connectivity index is 0.960. The summed E-state index contributed by atoms with van der Waals surface area (Å²) in [5.41, 5.74) is 14.7. The lowest BCUT2D eigenvalue weighted by atomic mass is 9.87. The van der Waals surface area contributed by atoms with Crippen LogP contribution in [0.5, 0.6) is 0 Å². The van der Waals surface area contributed by atoms with Crippen LogP contribution in [-0.2, 0) is 6.42 Å². The van der Waals surface area contributed by atoms with Crippen LogP contribution in [0, 0.1) is 5.92 Å². The largest absolute Gasteiger partial charge is 0.309 e. The lowest BCUT2D eigenvalue weighted by Gasteiger charge is -2.29. The van der Waals surface area contributed by atoms with Crippen molar-refractivity contribution in [1.29, 1.82) is 0 Å². The van der Waals surface area contributed by atoms with Crippen LogP contribution in [0.25, 0.3) is 76.6 Å². The molecule has 2 heterocycles. The number of nitrogens with two attached hydrogens (primary N) is 1. The van der Waals surface area contributed by atoms with Gasteiger partial charge in [0, 0.05) is 33.0 Å². The standard InChI is InChI=1S/C56H41N3/c1-3-13-37-29-39(23-21-34(37)11-1)50-33-51(40-24-22-35-12-2-4-14-38(35)30-40)58-56(57-50)36-25-27-42(28-26-36)59-52-20-10-9-19-47(52)54-53-45-17-7-5-15-43(45)48-31-41(48)32-49(53)44-16-6-8-18-46(44)55(54)59/h1-30,33,41,48,50,56-58H,31-32H2/p+1. The van der Waals surface area contributed by atoms with E-state index in [2.05, 4.69) is 203 Å². The zero-order chi connectivity index (χ0) is 38.6. The van der Waals surface area contributed by atoms with E-state index in [1.54, 1.807) is 0 Å². The van der Waals surface area contributed by atoms with Crippen LogP contribution in [-0.4, -0.2) is 4.57 Å². The highest BCUT2D eigenvalue weighted by Crippen LogP contribution is 2.58. The van der Waals surface area contributed by atoms with E-state index in [0.717, 1.165) is 12.3 Å². The first-order chi connectivity index (χ1) is 29.2. The molecule has 1 aromatic heterocycles. The number of hydrogen-bond donors (Lipinski definition) is 2. The summed E-state index contributed by atoms with van der Waals surface area (Å²) >= 11 is 0. The Kier molecular flexibility index (Phi) is 7.24. The summed E-state index contributed by atoms with van der Waals surface area (Å²) in [6.07, 6.45) is 4.87. The minimum Gasteiger partial charge on any atom is -0.309 e. The molecule has 0 saturated heterocycles. The molecule has 4 atom stereocenters. The van der Waals surface area contributed by atoms with Crippen LogP contribution in [0.15, 0.2) is 188 Å². The summed E-state index contributed by atoms with van der Waals surface area (Å²) in [6, 6.07) is 68.1. The van der Waals surface area contributed by atoms with Crippen molar-refractivity contribution in [2.24, 2.45) is 5.92 Å². The van der Waals surface area contributed by atoms with Crippen molar-refractivity contribution in [2.75, 3.05) is 0 Å². The molecule has 3 aliphatic rings. The topological polar surface area (TPSA) is 33.6 Å². The van der Waals surface area contributed by atoms with Gasteiger partial charge in [0.15, 0.2) is 6.17 Å². The molecular weight excluding hydrogens is 715 g/mol. The molecular formula is C56H42N3+. The zero-order valence-electron chi connectivity index (χ0n) is 32.6. The molecule has 1 fully saturated rings. The number of hydrogen-bond acceptors (Lipinski definition) is 1. The second-order valence-electron chi connectivity index (χ2n) is 17.0. The van der Waals surface area contributed by atoms with Gasteiger partial charge in [-0.2, -0.15) is 0 Å². The monoisotopic (exact) mass is 756 g/mol. The molecule has 3 heteroatoms. The van der Waals surface area contributed by atoms with Gasteiger partial charge in [0.25, 0.3) is 0 Å². The lowest BCUT2D eigenvalue weighted by molar-refractivity contribution is -0.621. The van der Waals surface area contributed by atoms with Crippen LogP contribution >= 0.6 is 0 Å². The van der Waals surface area contributed by atoms with Gasteiger partial charge in [-0.15, -0.1) is 0 Å². The van der Waals surface area contributed by atoms with Crippen molar-refractivity contribution in [3.8, 4) is 16.8 Å². The van der Waals surface area contributed by atoms with Gasteiger partial charge in [-0.3, -0.25) is 10.6 Å². The normalized spacial score (nSPS) is 19.7. The maximum atomic E-state index is 4.04. The molecule has 3 N–H and O–H groups in total. The molecule has 0 radical (unpaired) electrons. The molecule has 2 aliphatic carbocycles. The number of nitrogens with zero attached hydrogens (tertiary/aromatic N) is 1. The number of benzene rings is 9. The van der Waals surface area contributed by atoms with Gasteiger partial charge < -0.3 is 4.57 Å². The maximum absolute atomic E-state index is 4.04.